The van der Waals surface area contributed by atoms with Crippen LogP contribution in [0.2, 0.25) is 0 Å². The first-order valence-corrected chi connectivity index (χ1v) is 13.6. The average molecular weight is 557 g/mol. The number of ether oxygens (including phenoxy) is 2. The molecular weight excluding hydrogens is 524 g/mol. The molecule has 3 aromatic rings. The normalized spacial score (nSPS) is 19.0. The lowest BCUT2D eigenvalue weighted by atomic mass is 9.96. The Balaban J connectivity index is 1.13. The molecular formula is C31H32N4O6. The summed E-state index contributed by atoms with van der Waals surface area (Å²) in [5, 5.41) is 5.47. The van der Waals surface area contributed by atoms with Gasteiger partial charge >= 0.3 is 0 Å². The van der Waals surface area contributed by atoms with Gasteiger partial charge in [-0.15, -0.1) is 0 Å². The molecule has 10 heteroatoms. The zero-order valence-electron chi connectivity index (χ0n) is 23.0. The molecule has 0 aliphatic carbocycles. The summed E-state index contributed by atoms with van der Waals surface area (Å²) in [5.74, 6) is -1.46. The molecule has 1 fully saturated rings. The van der Waals surface area contributed by atoms with Crippen LogP contribution in [0.1, 0.15) is 78.5 Å². The second kappa shape index (κ2) is 12.4. The molecule has 1 saturated heterocycles. The van der Waals surface area contributed by atoms with Gasteiger partial charge in [-0.1, -0.05) is 49.4 Å². The molecule has 41 heavy (non-hydrogen) atoms. The highest BCUT2D eigenvalue weighted by atomic mass is 16.7. The molecule has 0 saturated carbocycles. The monoisotopic (exact) mass is 556 g/mol. The van der Waals surface area contributed by atoms with Gasteiger partial charge < -0.3 is 20.1 Å². The third-order valence-corrected chi connectivity index (χ3v) is 7.35. The van der Waals surface area contributed by atoms with Gasteiger partial charge in [0, 0.05) is 37.2 Å². The highest BCUT2D eigenvalue weighted by molar-refractivity contribution is 6.21. The van der Waals surface area contributed by atoms with E-state index in [2.05, 4.69) is 15.6 Å². The number of hydrogen-bond donors (Lipinski definition) is 2. The Bertz CT molecular complexity index is 1420. The molecule has 212 valence electrons. The highest BCUT2D eigenvalue weighted by Crippen LogP contribution is 2.27. The summed E-state index contributed by atoms with van der Waals surface area (Å²) in [4.78, 5) is 56.5. The van der Waals surface area contributed by atoms with Gasteiger partial charge in [-0.3, -0.25) is 24.1 Å². The lowest BCUT2D eigenvalue weighted by molar-refractivity contribution is -0.199. The summed E-state index contributed by atoms with van der Waals surface area (Å²) in [6.07, 6.45) is 0.595. The van der Waals surface area contributed by atoms with Crippen LogP contribution in [-0.4, -0.2) is 72.7 Å². The van der Waals surface area contributed by atoms with Gasteiger partial charge in [0.2, 0.25) is 0 Å². The number of imide groups is 1. The molecule has 4 amide bonds. The first-order chi connectivity index (χ1) is 19.9. The number of hydrogen-bond acceptors (Lipinski definition) is 7. The number of amides is 4. The number of carbonyl (C=O) groups excluding carboxylic acids is 4. The Labute approximate surface area is 238 Å². The van der Waals surface area contributed by atoms with Crippen LogP contribution in [0, 0.1) is 0 Å². The van der Waals surface area contributed by atoms with Crippen LogP contribution >= 0.6 is 0 Å². The zero-order valence-corrected chi connectivity index (χ0v) is 23.0. The van der Waals surface area contributed by atoms with E-state index in [9.17, 15) is 19.2 Å². The van der Waals surface area contributed by atoms with Crippen molar-refractivity contribution in [3.05, 3.63) is 100 Å². The molecule has 2 aliphatic heterocycles. The Morgan fingerprint density at radius 2 is 1.59 bits per heavy atom. The van der Waals surface area contributed by atoms with Crippen LogP contribution < -0.4 is 10.6 Å². The summed E-state index contributed by atoms with van der Waals surface area (Å²) in [6.45, 7) is 2.72. The summed E-state index contributed by atoms with van der Waals surface area (Å²) in [6, 6.07) is 19.2. The predicted molar refractivity (Wildman–Crippen MR) is 150 cm³/mol. The van der Waals surface area contributed by atoms with E-state index < -0.39 is 12.3 Å². The highest BCUT2D eigenvalue weighted by Gasteiger charge is 2.41. The molecule has 5 rings (SSSR count). The fourth-order valence-corrected chi connectivity index (χ4v) is 5.02. The molecule has 2 aromatic carbocycles. The fraction of sp³-hybridized carbons (Fsp3) is 0.323. The van der Waals surface area contributed by atoms with Gasteiger partial charge in [0.15, 0.2) is 6.29 Å². The maximum Gasteiger partial charge on any atom is 0.269 e. The zero-order chi connectivity index (χ0) is 28.9. The lowest BCUT2D eigenvalue weighted by Crippen LogP contribution is -2.49. The van der Waals surface area contributed by atoms with Crippen molar-refractivity contribution in [2.45, 2.75) is 38.0 Å². The molecule has 1 aromatic heterocycles. The maximum atomic E-state index is 13.0. The van der Waals surface area contributed by atoms with Crippen LogP contribution in [0.5, 0.6) is 0 Å². The van der Waals surface area contributed by atoms with Gasteiger partial charge in [-0.05, 0) is 36.2 Å². The summed E-state index contributed by atoms with van der Waals surface area (Å²) in [7, 11) is 1.52. The van der Waals surface area contributed by atoms with E-state index in [-0.39, 0.29) is 48.5 Å². The van der Waals surface area contributed by atoms with Crippen molar-refractivity contribution < 1.29 is 28.7 Å². The van der Waals surface area contributed by atoms with E-state index in [4.69, 9.17) is 9.47 Å². The number of rotatable bonds is 9. The van der Waals surface area contributed by atoms with Crippen LogP contribution in [0.15, 0.2) is 66.7 Å². The smallest absolute Gasteiger partial charge is 0.269 e. The third kappa shape index (κ3) is 6.03. The van der Waals surface area contributed by atoms with Crippen LogP contribution in [0.25, 0.3) is 0 Å². The van der Waals surface area contributed by atoms with Gasteiger partial charge in [0.05, 0.1) is 30.4 Å². The van der Waals surface area contributed by atoms with E-state index in [1.165, 1.54) is 18.0 Å². The number of nitrogens with one attached hydrogen (secondary N) is 2. The fourth-order valence-electron chi connectivity index (χ4n) is 5.02. The van der Waals surface area contributed by atoms with E-state index in [0.717, 1.165) is 5.56 Å². The minimum absolute atomic E-state index is 0.114. The van der Waals surface area contributed by atoms with Crippen molar-refractivity contribution in [3.63, 3.8) is 0 Å². The summed E-state index contributed by atoms with van der Waals surface area (Å²) >= 11 is 0. The number of nitrogens with zero attached hydrogens (tertiary/aromatic N) is 2. The molecule has 10 nitrogen and oxygen atoms in total. The van der Waals surface area contributed by atoms with Gasteiger partial charge in [-0.25, -0.2) is 4.98 Å². The lowest BCUT2D eigenvalue weighted by Gasteiger charge is -2.33. The molecule has 0 radical (unpaired) electrons. The molecule has 2 N–H and O–H groups in total. The molecule has 3 heterocycles. The predicted octanol–water partition coefficient (Wildman–Crippen LogP) is 3.14. The van der Waals surface area contributed by atoms with Crippen molar-refractivity contribution in [1.82, 2.24) is 20.5 Å². The Morgan fingerprint density at radius 3 is 2.22 bits per heavy atom. The number of pyridine rings is 1. The van der Waals surface area contributed by atoms with Crippen molar-refractivity contribution in [2.24, 2.45) is 0 Å². The Hall–Kier alpha value is -4.41. The molecule has 1 atom stereocenters. The summed E-state index contributed by atoms with van der Waals surface area (Å²) in [5.41, 5.74) is 2.97. The summed E-state index contributed by atoms with van der Waals surface area (Å²) < 4.78 is 11.6. The molecule has 0 unspecified atom stereocenters. The van der Waals surface area contributed by atoms with Crippen LogP contribution in [0.3, 0.4) is 0 Å². The standard InChI is InChI=1S/C31H32N4O6/c1-19(20-9-4-3-5-10-20)25-15-21(16-26(34-25)29(37)32-2)28(36)33-14-8-13-27-40-17-22(18-41-27)35-30(38)23-11-6-7-12-24(23)31(35)39/h3-7,9-12,15-16,19,22,27H,8,13-14,17-18H2,1-2H3,(H,32,37)(H,33,36)/t19-,22?,27?/m0/s1. The SMILES string of the molecule is CNC(=O)c1cc(C(=O)NCCCC2OCC(N3C(=O)c4ccccc4C3=O)CO2)cc([C@@H](C)c2ccccc2)n1. The molecule has 0 bridgehead atoms. The quantitative estimate of drug-likeness (QED) is 0.306. The first-order valence-electron chi connectivity index (χ1n) is 13.6. The van der Waals surface area contributed by atoms with Gasteiger partial charge in [-0.2, -0.15) is 0 Å². The third-order valence-electron chi connectivity index (χ3n) is 7.35. The van der Waals surface area contributed by atoms with E-state index in [1.54, 1.807) is 30.3 Å². The largest absolute Gasteiger partial charge is 0.354 e. The first kappa shape index (κ1) is 28.1. The second-order valence-electron chi connectivity index (χ2n) is 10.1. The maximum absolute atomic E-state index is 13.0. The van der Waals surface area contributed by atoms with E-state index in [0.29, 0.717) is 41.8 Å². The van der Waals surface area contributed by atoms with Crippen LogP contribution in [-0.2, 0) is 9.47 Å². The van der Waals surface area contributed by atoms with Crippen molar-refractivity contribution in [3.8, 4) is 0 Å². The van der Waals surface area contributed by atoms with Crippen LogP contribution in [0.4, 0.5) is 0 Å². The Morgan fingerprint density at radius 1 is 0.951 bits per heavy atom. The van der Waals surface area contributed by atoms with Gasteiger partial charge in [0.1, 0.15) is 5.69 Å². The Kier molecular flexibility index (Phi) is 8.51. The van der Waals surface area contributed by atoms with Crippen molar-refractivity contribution >= 4 is 23.6 Å². The number of carbonyl (C=O) groups is 4. The molecule has 2 aliphatic rings. The number of fused-ring (bicyclic) bond motifs is 1. The second-order valence-corrected chi connectivity index (χ2v) is 10.1. The topological polar surface area (TPSA) is 127 Å². The van der Waals surface area contributed by atoms with Crippen molar-refractivity contribution in [2.75, 3.05) is 26.8 Å². The number of aromatic nitrogens is 1. The van der Waals surface area contributed by atoms with Gasteiger partial charge in [0.25, 0.3) is 23.6 Å². The average Bonchev–Trinajstić information content (AvgIpc) is 3.28. The minimum Gasteiger partial charge on any atom is -0.354 e. The van der Waals surface area contributed by atoms with E-state index >= 15 is 0 Å². The van der Waals surface area contributed by atoms with E-state index in [1.807, 2.05) is 37.3 Å². The molecule has 0 spiro atoms. The minimum atomic E-state index is -0.502. The van der Waals surface area contributed by atoms with Crippen molar-refractivity contribution in [1.29, 1.82) is 0 Å². The number of benzene rings is 2.